The van der Waals surface area contributed by atoms with Crippen LogP contribution >= 0.6 is 0 Å². The fourth-order valence-electron chi connectivity index (χ4n) is 6.00. The summed E-state index contributed by atoms with van der Waals surface area (Å²) in [7, 11) is 0. The Morgan fingerprint density at radius 1 is 0.477 bits per heavy atom. The molecule has 6 heteroatoms. The van der Waals surface area contributed by atoms with Crippen LogP contribution in [-0.4, -0.2) is 30.2 Å². The molecule has 0 aliphatic rings. The molecule has 0 spiro atoms. The number of carbonyl (C=O) groups is 3. The summed E-state index contributed by atoms with van der Waals surface area (Å²) < 4.78 is 10.9. The maximum atomic E-state index is 12.9. The summed E-state index contributed by atoms with van der Waals surface area (Å²) in [4.78, 5) is 36.5. The van der Waals surface area contributed by atoms with Crippen LogP contribution in [0.4, 0.5) is 0 Å². The highest BCUT2D eigenvalue weighted by molar-refractivity contribution is 5.77. The smallest absolute Gasteiger partial charge is 0.304 e. The Labute approximate surface area is 273 Å². The van der Waals surface area contributed by atoms with Crippen LogP contribution < -0.4 is 5.32 Å². The molecule has 1 N–H and O–H groups in total. The number of amides is 1. The molecule has 0 radical (unpaired) electrons. The predicted molar refractivity (Wildman–Crippen MR) is 185 cm³/mol. The number of unbranched alkanes of at least 4 members (excludes halogenated alkanes) is 25. The van der Waals surface area contributed by atoms with Gasteiger partial charge in [-0.2, -0.15) is 0 Å². The van der Waals surface area contributed by atoms with E-state index in [0.717, 1.165) is 38.5 Å². The lowest BCUT2D eigenvalue weighted by Gasteiger charge is -2.33. The standard InChI is InChI=1S/C38H73NO5/c1-5-7-9-11-13-15-17-19-20-21-22-24-26-28-30-32-37(42)39-38(44-36(4)41,34-43-35(3)40)33-31-29-27-25-23-18-16-14-12-10-8-6-2/h5-34H2,1-4H3,(H,39,42). The van der Waals surface area contributed by atoms with Crippen LogP contribution in [0.25, 0.3) is 0 Å². The zero-order chi connectivity index (χ0) is 32.6. The number of nitrogens with one attached hydrogen (secondary N) is 1. The predicted octanol–water partition coefficient (Wildman–Crippen LogP) is 11.3. The highest BCUT2D eigenvalue weighted by atomic mass is 16.6. The van der Waals surface area contributed by atoms with E-state index in [9.17, 15) is 14.4 Å². The summed E-state index contributed by atoms with van der Waals surface area (Å²) in [6.07, 6.45) is 34.7. The average Bonchev–Trinajstić information content (AvgIpc) is 2.98. The maximum Gasteiger partial charge on any atom is 0.304 e. The molecule has 44 heavy (non-hydrogen) atoms. The molecule has 0 aliphatic carbocycles. The molecule has 1 atom stereocenters. The largest absolute Gasteiger partial charge is 0.459 e. The van der Waals surface area contributed by atoms with Gasteiger partial charge in [0.05, 0.1) is 0 Å². The number of hydrogen-bond donors (Lipinski definition) is 1. The first-order valence-corrected chi connectivity index (χ1v) is 19.0. The van der Waals surface area contributed by atoms with Crippen LogP contribution in [0.3, 0.4) is 0 Å². The van der Waals surface area contributed by atoms with E-state index in [1.165, 1.54) is 149 Å². The average molecular weight is 624 g/mol. The Morgan fingerprint density at radius 2 is 0.818 bits per heavy atom. The van der Waals surface area contributed by atoms with Gasteiger partial charge in [0.25, 0.3) is 0 Å². The van der Waals surface area contributed by atoms with Crippen molar-refractivity contribution in [3.8, 4) is 0 Å². The number of rotatable bonds is 33. The van der Waals surface area contributed by atoms with Crippen LogP contribution in [0.2, 0.25) is 0 Å². The van der Waals surface area contributed by atoms with Gasteiger partial charge in [0.15, 0.2) is 6.61 Å². The van der Waals surface area contributed by atoms with E-state index in [1.54, 1.807) is 0 Å². The number of ether oxygens (including phenoxy) is 2. The molecule has 0 aromatic heterocycles. The highest BCUT2D eigenvalue weighted by Gasteiger charge is 2.36. The first kappa shape index (κ1) is 42.4. The molecule has 1 unspecified atom stereocenters. The van der Waals surface area contributed by atoms with E-state index in [0.29, 0.717) is 12.8 Å². The number of esters is 2. The summed E-state index contributed by atoms with van der Waals surface area (Å²) >= 11 is 0. The fraction of sp³-hybridized carbons (Fsp3) is 0.921. The molecule has 0 heterocycles. The second-order valence-electron chi connectivity index (χ2n) is 13.3. The lowest BCUT2D eigenvalue weighted by molar-refractivity contribution is -0.178. The van der Waals surface area contributed by atoms with Crippen molar-refractivity contribution in [1.82, 2.24) is 5.32 Å². The maximum absolute atomic E-state index is 12.9. The van der Waals surface area contributed by atoms with Crippen molar-refractivity contribution >= 4 is 17.8 Å². The van der Waals surface area contributed by atoms with Gasteiger partial charge in [-0.3, -0.25) is 14.4 Å². The monoisotopic (exact) mass is 624 g/mol. The summed E-state index contributed by atoms with van der Waals surface area (Å²) in [6.45, 7) is 7.05. The van der Waals surface area contributed by atoms with Crippen molar-refractivity contribution in [2.45, 2.75) is 220 Å². The minimum atomic E-state index is -1.29. The van der Waals surface area contributed by atoms with Crippen molar-refractivity contribution in [3.05, 3.63) is 0 Å². The molecule has 0 aliphatic heterocycles. The van der Waals surface area contributed by atoms with E-state index in [-0.39, 0.29) is 12.5 Å². The van der Waals surface area contributed by atoms with E-state index < -0.39 is 17.7 Å². The lowest BCUT2D eigenvalue weighted by atomic mass is 10.0. The summed E-state index contributed by atoms with van der Waals surface area (Å²) in [5, 5.41) is 2.95. The SMILES string of the molecule is CCCCCCCCCCCCCCCCCC(=O)NC(CCCCCCCCCCCCCC)(COC(C)=O)OC(C)=O. The van der Waals surface area contributed by atoms with Crippen molar-refractivity contribution in [3.63, 3.8) is 0 Å². The van der Waals surface area contributed by atoms with Gasteiger partial charge in [-0.15, -0.1) is 0 Å². The van der Waals surface area contributed by atoms with E-state index in [2.05, 4.69) is 19.2 Å². The Balaban J connectivity index is 4.24. The second-order valence-corrected chi connectivity index (χ2v) is 13.3. The highest BCUT2D eigenvalue weighted by Crippen LogP contribution is 2.21. The third kappa shape index (κ3) is 29.1. The lowest BCUT2D eigenvalue weighted by Crippen LogP contribution is -2.55. The Hall–Kier alpha value is -1.59. The molecule has 6 nitrogen and oxygen atoms in total. The van der Waals surface area contributed by atoms with Gasteiger partial charge in [-0.1, -0.05) is 174 Å². The molecule has 0 bridgehead atoms. The quantitative estimate of drug-likeness (QED) is 0.0447. The van der Waals surface area contributed by atoms with Crippen LogP contribution in [0.15, 0.2) is 0 Å². The first-order chi connectivity index (χ1) is 21.3. The normalized spacial score (nSPS) is 12.5. The van der Waals surface area contributed by atoms with Crippen LogP contribution in [0.1, 0.15) is 214 Å². The fourth-order valence-corrected chi connectivity index (χ4v) is 6.00. The van der Waals surface area contributed by atoms with Gasteiger partial charge in [0.2, 0.25) is 11.6 Å². The molecular formula is C38H73NO5. The van der Waals surface area contributed by atoms with Gasteiger partial charge in [0, 0.05) is 26.7 Å². The molecule has 0 rings (SSSR count). The first-order valence-electron chi connectivity index (χ1n) is 19.0. The van der Waals surface area contributed by atoms with Gasteiger partial charge in [0.1, 0.15) is 0 Å². The topological polar surface area (TPSA) is 81.7 Å². The van der Waals surface area contributed by atoms with Crippen molar-refractivity contribution in [2.24, 2.45) is 0 Å². The molecule has 0 saturated heterocycles. The van der Waals surface area contributed by atoms with Gasteiger partial charge in [-0.05, 0) is 12.8 Å². The molecule has 0 fully saturated rings. The molecule has 0 saturated carbocycles. The van der Waals surface area contributed by atoms with Gasteiger partial charge >= 0.3 is 11.9 Å². The molecular weight excluding hydrogens is 550 g/mol. The Morgan fingerprint density at radius 3 is 1.16 bits per heavy atom. The number of carbonyl (C=O) groups excluding carboxylic acids is 3. The zero-order valence-corrected chi connectivity index (χ0v) is 29.8. The third-order valence-corrected chi connectivity index (χ3v) is 8.66. The van der Waals surface area contributed by atoms with E-state index >= 15 is 0 Å². The third-order valence-electron chi connectivity index (χ3n) is 8.66. The number of hydrogen-bond acceptors (Lipinski definition) is 5. The molecule has 0 aromatic carbocycles. The van der Waals surface area contributed by atoms with Crippen molar-refractivity contribution in [2.75, 3.05) is 6.61 Å². The van der Waals surface area contributed by atoms with Crippen LogP contribution in [0.5, 0.6) is 0 Å². The van der Waals surface area contributed by atoms with Crippen molar-refractivity contribution in [1.29, 1.82) is 0 Å². The molecule has 0 aromatic rings. The molecule has 1 amide bonds. The Kier molecular flexibility index (Phi) is 30.3. The van der Waals surface area contributed by atoms with E-state index in [4.69, 9.17) is 9.47 Å². The zero-order valence-electron chi connectivity index (χ0n) is 29.8. The Bertz CT molecular complexity index is 682. The summed E-state index contributed by atoms with van der Waals surface area (Å²) in [5.41, 5.74) is -1.29. The van der Waals surface area contributed by atoms with Gasteiger partial charge in [-0.25, -0.2) is 0 Å². The van der Waals surface area contributed by atoms with Crippen LogP contribution in [-0.2, 0) is 23.9 Å². The minimum Gasteiger partial charge on any atom is -0.459 e. The summed E-state index contributed by atoms with van der Waals surface area (Å²) in [5.74, 6) is -1.08. The van der Waals surface area contributed by atoms with Crippen molar-refractivity contribution < 1.29 is 23.9 Å². The molecule has 260 valence electrons. The van der Waals surface area contributed by atoms with E-state index in [1.807, 2.05) is 0 Å². The van der Waals surface area contributed by atoms with Gasteiger partial charge < -0.3 is 14.8 Å². The summed E-state index contributed by atoms with van der Waals surface area (Å²) in [6, 6.07) is 0. The second kappa shape index (κ2) is 31.4. The minimum absolute atomic E-state index is 0.146. The van der Waals surface area contributed by atoms with Crippen LogP contribution in [0, 0.1) is 0 Å².